The van der Waals surface area contributed by atoms with Gasteiger partial charge in [0.25, 0.3) is 0 Å². The summed E-state index contributed by atoms with van der Waals surface area (Å²) in [4.78, 5) is 13.0. The molecule has 3 aromatic carbocycles. The van der Waals surface area contributed by atoms with Crippen molar-refractivity contribution >= 4 is 46.0 Å². The average Bonchev–Trinajstić information content (AvgIpc) is 2.82. The number of alkyl carbamates (subject to hydrolysis) is 1. The lowest BCUT2D eigenvalue weighted by atomic mass is 9.98. The van der Waals surface area contributed by atoms with Gasteiger partial charge in [0.15, 0.2) is 11.0 Å². The van der Waals surface area contributed by atoms with Crippen molar-refractivity contribution in [3.8, 4) is 0 Å². The molecule has 166 valence electrons. The van der Waals surface area contributed by atoms with Crippen LogP contribution in [0.15, 0.2) is 77.7 Å². The highest BCUT2D eigenvalue weighted by atomic mass is 35.5. The Morgan fingerprint density at radius 2 is 1.75 bits per heavy atom. The molecular weight excluding hydrogens is 467 g/mol. The largest absolute Gasteiger partial charge is 0.447 e. The molecule has 32 heavy (non-hydrogen) atoms. The second-order valence-corrected chi connectivity index (χ2v) is 9.60. The van der Waals surface area contributed by atoms with E-state index in [1.807, 2.05) is 46.8 Å². The molecule has 0 aliphatic carbocycles. The van der Waals surface area contributed by atoms with Crippen molar-refractivity contribution < 1.29 is 13.7 Å². The number of amides is 1. The number of ether oxygens (including phenoxy) is 1. The molecule has 1 aliphatic heterocycles. The van der Waals surface area contributed by atoms with E-state index in [2.05, 4.69) is 5.32 Å². The molecule has 0 saturated heterocycles. The van der Waals surface area contributed by atoms with Crippen molar-refractivity contribution in [1.82, 2.24) is 5.32 Å². The molecule has 3 aromatic rings. The van der Waals surface area contributed by atoms with Crippen LogP contribution in [0.3, 0.4) is 0 Å². The van der Waals surface area contributed by atoms with Gasteiger partial charge in [0.05, 0.1) is 16.6 Å². The highest BCUT2D eigenvalue weighted by Gasteiger charge is 2.32. The third kappa shape index (κ3) is 5.26. The second-order valence-electron chi connectivity index (χ2n) is 7.39. The summed E-state index contributed by atoms with van der Waals surface area (Å²) in [6, 6.07) is 21.9. The van der Waals surface area contributed by atoms with Crippen LogP contribution >= 0.6 is 23.2 Å². The number of benzene rings is 3. The number of nitrogens with one attached hydrogen (secondary N) is 1. The summed E-state index contributed by atoms with van der Waals surface area (Å²) in [7, 11) is -1.48. The van der Waals surface area contributed by atoms with E-state index in [9.17, 15) is 9.00 Å². The van der Waals surface area contributed by atoms with Gasteiger partial charge in [0.1, 0.15) is 6.61 Å². The van der Waals surface area contributed by atoms with Crippen molar-refractivity contribution in [2.75, 3.05) is 10.9 Å². The fourth-order valence-corrected chi connectivity index (χ4v) is 5.36. The summed E-state index contributed by atoms with van der Waals surface area (Å²) in [6.07, 6.45) is 0.995. The van der Waals surface area contributed by atoms with Crippen LogP contribution in [0.2, 0.25) is 10.0 Å². The van der Waals surface area contributed by atoms with E-state index in [4.69, 9.17) is 27.9 Å². The van der Waals surface area contributed by atoms with E-state index in [-0.39, 0.29) is 19.2 Å². The Hall–Kier alpha value is -2.54. The van der Waals surface area contributed by atoms with Crippen LogP contribution in [-0.4, -0.2) is 23.0 Å². The van der Waals surface area contributed by atoms with E-state index < -0.39 is 17.1 Å². The molecular formula is C24H22Cl2N2O3S. The first-order valence-electron chi connectivity index (χ1n) is 10.2. The van der Waals surface area contributed by atoms with Gasteiger partial charge in [-0.25, -0.2) is 9.00 Å². The molecule has 8 heteroatoms. The number of halogens is 2. The van der Waals surface area contributed by atoms with Crippen molar-refractivity contribution in [3.63, 3.8) is 0 Å². The van der Waals surface area contributed by atoms with Gasteiger partial charge in [-0.2, -0.15) is 0 Å². The molecule has 1 N–H and O–H groups in total. The third-order valence-electron chi connectivity index (χ3n) is 5.29. The van der Waals surface area contributed by atoms with Gasteiger partial charge in [-0.15, -0.1) is 0 Å². The molecule has 0 fully saturated rings. The number of rotatable bonds is 6. The van der Waals surface area contributed by atoms with Gasteiger partial charge in [-0.1, -0.05) is 59.6 Å². The number of aryl methyl sites for hydroxylation is 1. The minimum atomic E-state index is -1.48. The first kappa shape index (κ1) is 22.6. The molecule has 1 heterocycles. The summed E-state index contributed by atoms with van der Waals surface area (Å²) in [6.45, 7) is 0.383. The van der Waals surface area contributed by atoms with E-state index >= 15 is 0 Å². The first-order valence-corrected chi connectivity index (χ1v) is 12.1. The van der Waals surface area contributed by atoms with E-state index in [0.29, 0.717) is 21.4 Å². The zero-order chi connectivity index (χ0) is 22.5. The van der Waals surface area contributed by atoms with Crippen molar-refractivity contribution in [3.05, 3.63) is 94.0 Å². The number of para-hydroxylation sites is 1. The van der Waals surface area contributed by atoms with Gasteiger partial charge in [-0.05, 0) is 60.4 Å². The molecule has 1 amide bonds. The quantitative estimate of drug-likeness (QED) is 0.479. The van der Waals surface area contributed by atoms with Crippen LogP contribution in [0.25, 0.3) is 0 Å². The molecule has 1 aliphatic rings. The Labute approximate surface area is 199 Å². The van der Waals surface area contributed by atoms with Crippen molar-refractivity contribution in [2.45, 2.75) is 30.3 Å². The molecule has 2 unspecified atom stereocenters. The van der Waals surface area contributed by atoms with Crippen LogP contribution in [0.4, 0.5) is 10.5 Å². The smallest absolute Gasteiger partial charge is 0.407 e. The number of anilines is 1. The van der Waals surface area contributed by atoms with Crippen LogP contribution in [0.5, 0.6) is 0 Å². The summed E-state index contributed by atoms with van der Waals surface area (Å²) in [5.41, 5.74) is 2.81. The molecule has 0 spiro atoms. The Morgan fingerprint density at radius 1 is 1.03 bits per heavy atom. The normalized spacial score (nSPS) is 16.2. The minimum absolute atomic E-state index is 0.113. The van der Waals surface area contributed by atoms with Gasteiger partial charge in [0.2, 0.25) is 0 Å². The highest BCUT2D eigenvalue weighted by Crippen LogP contribution is 2.34. The topological polar surface area (TPSA) is 58.6 Å². The summed E-state index contributed by atoms with van der Waals surface area (Å²) < 4.78 is 20.8. The second kappa shape index (κ2) is 10.4. The zero-order valence-corrected chi connectivity index (χ0v) is 19.5. The van der Waals surface area contributed by atoms with Crippen LogP contribution in [-0.2, 0) is 28.7 Å². The Balaban J connectivity index is 1.46. The SMILES string of the molecule is O=C(NCc1ccccc1Cl)OCC1CCc2ccccc2N1S(=O)c1ccc(Cl)cc1. The third-order valence-corrected chi connectivity index (χ3v) is 7.44. The lowest BCUT2D eigenvalue weighted by Gasteiger charge is -2.37. The van der Waals surface area contributed by atoms with Crippen LogP contribution in [0.1, 0.15) is 17.5 Å². The number of hydrogen-bond acceptors (Lipinski definition) is 3. The number of fused-ring (bicyclic) bond motifs is 1. The predicted molar refractivity (Wildman–Crippen MR) is 129 cm³/mol. The minimum Gasteiger partial charge on any atom is -0.447 e. The predicted octanol–water partition coefficient (Wildman–Crippen LogP) is 5.76. The van der Waals surface area contributed by atoms with Crippen molar-refractivity contribution in [1.29, 1.82) is 0 Å². The van der Waals surface area contributed by atoms with Crippen LogP contribution in [0, 0.1) is 0 Å². The number of carbonyl (C=O) groups excluding carboxylic acids is 1. The first-order chi connectivity index (χ1) is 15.5. The number of carbonyl (C=O) groups is 1. The Morgan fingerprint density at radius 3 is 2.53 bits per heavy atom. The van der Waals surface area contributed by atoms with E-state index in [0.717, 1.165) is 23.2 Å². The highest BCUT2D eigenvalue weighted by molar-refractivity contribution is 7.86. The molecule has 4 rings (SSSR count). The monoisotopic (exact) mass is 488 g/mol. The Bertz CT molecular complexity index is 1120. The molecule has 0 saturated carbocycles. The van der Waals surface area contributed by atoms with Gasteiger partial charge in [0, 0.05) is 16.6 Å². The van der Waals surface area contributed by atoms with Crippen molar-refractivity contribution in [2.24, 2.45) is 0 Å². The fraction of sp³-hybridized carbons (Fsp3) is 0.208. The molecule has 0 radical (unpaired) electrons. The van der Waals surface area contributed by atoms with Crippen LogP contribution < -0.4 is 9.62 Å². The van der Waals surface area contributed by atoms with E-state index in [1.165, 1.54) is 0 Å². The zero-order valence-electron chi connectivity index (χ0n) is 17.2. The molecule has 5 nitrogen and oxygen atoms in total. The maximum atomic E-state index is 13.5. The van der Waals surface area contributed by atoms with Gasteiger partial charge >= 0.3 is 6.09 Å². The molecule has 0 bridgehead atoms. The maximum absolute atomic E-state index is 13.5. The Kier molecular flexibility index (Phi) is 7.35. The van der Waals surface area contributed by atoms with Gasteiger partial charge < -0.3 is 10.1 Å². The van der Waals surface area contributed by atoms with Gasteiger partial charge in [-0.3, -0.25) is 4.31 Å². The lowest BCUT2D eigenvalue weighted by molar-refractivity contribution is 0.137. The molecule has 2 atom stereocenters. The maximum Gasteiger partial charge on any atom is 0.407 e. The van der Waals surface area contributed by atoms with E-state index in [1.54, 1.807) is 30.3 Å². The number of hydrogen-bond donors (Lipinski definition) is 1. The summed E-state index contributed by atoms with van der Waals surface area (Å²) >= 11 is 12.1. The lowest BCUT2D eigenvalue weighted by Crippen LogP contribution is -2.44. The summed E-state index contributed by atoms with van der Waals surface area (Å²) in [5.74, 6) is 0. The number of nitrogens with zero attached hydrogens (tertiary/aromatic N) is 1. The standard InChI is InChI=1S/C24H22Cl2N2O3S/c25-19-10-13-21(14-11-19)32(30)28-20(12-9-17-5-2-4-8-23(17)28)16-31-24(29)27-15-18-6-1-3-7-22(18)26/h1-8,10-11,13-14,20H,9,12,15-16H2,(H,27,29). The summed E-state index contributed by atoms with van der Waals surface area (Å²) in [5, 5.41) is 3.89. The fourth-order valence-electron chi connectivity index (χ4n) is 3.65. The average molecular weight is 489 g/mol. The molecule has 0 aromatic heterocycles.